The predicted octanol–water partition coefficient (Wildman–Crippen LogP) is 4.23. The molecule has 0 radical (unpaired) electrons. The second kappa shape index (κ2) is 6.44. The number of nitrogens with one attached hydrogen (secondary N) is 2. The smallest absolute Gasteiger partial charge is 0.328 e. The van der Waals surface area contributed by atoms with Crippen LogP contribution in [0.1, 0.15) is 23.6 Å². The molecule has 2 amide bonds. The summed E-state index contributed by atoms with van der Waals surface area (Å²) in [6.07, 6.45) is -4.64. The third kappa shape index (κ3) is 3.40. The van der Waals surface area contributed by atoms with Gasteiger partial charge in [-0.2, -0.15) is 18.3 Å². The quantitative estimate of drug-likeness (QED) is 0.769. The van der Waals surface area contributed by atoms with Crippen molar-refractivity contribution in [1.82, 2.24) is 10.7 Å². The molecule has 1 heterocycles. The van der Waals surface area contributed by atoms with Crippen molar-refractivity contribution in [3.05, 3.63) is 58.9 Å². The first-order valence-electron chi connectivity index (χ1n) is 7.79. The molecular formula is C18H15F4N3O. The van der Waals surface area contributed by atoms with Gasteiger partial charge in [-0.15, -0.1) is 0 Å². The number of rotatable bonds is 2. The van der Waals surface area contributed by atoms with Crippen LogP contribution < -0.4 is 10.7 Å². The van der Waals surface area contributed by atoms with E-state index in [1.807, 2.05) is 0 Å². The Hall–Kier alpha value is -2.90. The topological polar surface area (TPSA) is 53.5 Å². The molecule has 1 aliphatic rings. The van der Waals surface area contributed by atoms with Gasteiger partial charge in [-0.25, -0.2) is 14.6 Å². The zero-order chi connectivity index (χ0) is 19.1. The molecule has 136 valence electrons. The Morgan fingerprint density at radius 3 is 2.38 bits per heavy atom. The van der Waals surface area contributed by atoms with Crippen LogP contribution in [0, 0.1) is 12.7 Å². The molecule has 0 unspecified atom stereocenters. The number of alkyl halides is 3. The van der Waals surface area contributed by atoms with Crippen LogP contribution in [-0.4, -0.2) is 17.8 Å². The Bertz CT molecular complexity index is 906. The van der Waals surface area contributed by atoms with E-state index >= 15 is 0 Å². The minimum absolute atomic E-state index is 0.124. The van der Waals surface area contributed by atoms with Crippen LogP contribution in [0.2, 0.25) is 0 Å². The summed E-state index contributed by atoms with van der Waals surface area (Å²) >= 11 is 0. The fourth-order valence-corrected chi connectivity index (χ4v) is 2.77. The van der Waals surface area contributed by atoms with E-state index in [4.69, 9.17) is 0 Å². The van der Waals surface area contributed by atoms with Crippen LogP contribution in [0.3, 0.4) is 0 Å². The van der Waals surface area contributed by atoms with Gasteiger partial charge >= 0.3 is 12.2 Å². The largest absolute Gasteiger partial charge is 0.417 e. The molecular weight excluding hydrogens is 350 g/mol. The number of benzene rings is 2. The van der Waals surface area contributed by atoms with Gasteiger partial charge in [0.25, 0.3) is 0 Å². The molecule has 0 spiro atoms. The van der Waals surface area contributed by atoms with Crippen molar-refractivity contribution in [2.45, 2.75) is 26.1 Å². The Kier molecular flexibility index (Phi) is 4.43. The zero-order valence-corrected chi connectivity index (χ0v) is 13.9. The molecule has 2 aromatic carbocycles. The second-order valence-electron chi connectivity index (χ2n) is 6.03. The summed E-state index contributed by atoms with van der Waals surface area (Å²) in [6.45, 7) is 3.16. The minimum Gasteiger partial charge on any atom is -0.328 e. The van der Waals surface area contributed by atoms with Gasteiger partial charge in [-0.1, -0.05) is 24.3 Å². The number of hydrogen-bond donors (Lipinski definition) is 2. The van der Waals surface area contributed by atoms with Gasteiger partial charge in [0.1, 0.15) is 5.82 Å². The summed E-state index contributed by atoms with van der Waals surface area (Å²) in [6, 6.07) is 6.61. The first-order chi connectivity index (χ1) is 12.2. The molecule has 2 N–H and O–H groups in total. The highest BCUT2D eigenvalue weighted by Gasteiger charge is 2.35. The highest BCUT2D eigenvalue weighted by molar-refractivity contribution is 6.07. The van der Waals surface area contributed by atoms with Gasteiger partial charge in [0.05, 0.1) is 17.3 Å². The first kappa shape index (κ1) is 17.9. The lowest BCUT2D eigenvalue weighted by Gasteiger charge is -2.22. The number of carbonyl (C=O) groups is 1. The number of urea groups is 1. The Morgan fingerprint density at radius 1 is 1.08 bits per heavy atom. The Balaban J connectivity index is 2.13. The summed E-state index contributed by atoms with van der Waals surface area (Å²) in [5.74, 6) is -0.572. The van der Waals surface area contributed by atoms with Gasteiger partial charge in [-0.3, -0.25) is 0 Å². The maximum Gasteiger partial charge on any atom is 0.417 e. The number of hydrogen-bond acceptors (Lipinski definition) is 2. The number of aryl methyl sites for hydroxylation is 1. The van der Waals surface area contributed by atoms with Crippen molar-refractivity contribution >= 4 is 11.7 Å². The summed E-state index contributed by atoms with van der Waals surface area (Å²) in [5, 5.41) is 6.37. The number of amides is 2. The van der Waals surface area contributed by atoms with E-state index < -0.39 is 29.6 Å². The third-order valence-electron chi connectivity index (χ3n) is 4.14. The maximum atomic E-state index is 13.8. The van der Waals surface area contributed by atoms with Gasteiger partial charge in [-0.05, 0) is 42.7 Å². The lowest BCUT2D eigenvalue weighted by Crippen LogP contribution is -2.48. The summed E-state index contributed by atoms with van der Waals surface area (Å²) in [4.78, 5) is 11.2. The Morgan fingerprint density at radius 2 is 1.77 bits per heavy atom. The van der Waals surface area contributed by atoms with E-state index in [0.717, 1.165) is 12.1 Å². The lowest BCUT2D eigenvalue weighted by atomic mass is 9.93. The van der Waals surface area contributed by atoms with E-state index in [2.05, 4.69) is 15.8 Å². The standard InChI is InChI=1S/C18H15F4N3O/c1-9-3-4-11(8-15(9)19)13-6-5-12(7-14(13)18(20,21)22)16-10(2)23-17(26)25-24-16/h3-8,10H,1-2H3,(H2,23,25,26)/t10-/m0/s1. The van der Waals surface area contributed by atoms with E-state index in [1.165, 1.54) is 31.2 Å². The van der Waals surface area contributed by atoms with Crippen LogP contribution >= 0.6 is 0 Å². The Labute approximate surface area is 146 Å². The number of nitrogens with zero attached hydrogens (tertiary/aromatic N) is 1. The van der Waals surface area contributed by atoms with E-state index in [9.17, 15) is 22.4 Å². The number of hydrazone groups is 1. The van der Waals surface area contributed by atoms with Crippen molar-refractivity contribution < 1.29 is 22.4 Å². The summed E-state index contributed by atoms with van der Waals surface area (Å²) in [7, 11) is 0. The normalized spacial score (nSPS) is 17.4. The van der Waals surface area contributed by atoms with Crippen molar-refractivity contribution in [2.75, 3.05) is 0 Å². The molecule has 1 aliphatic heterocycles. The zero-order valence-electron chi connectivity index (χ0n) is 13.9. The van der Waals surface area contributed by atoms with Crippen LogP contribution in [-0.2, 0) is 6.18 Å². The molecule has 0 aliphatic carbocycles. The fourth-order valence-electron chi connectivity index (χ4n) is 2.77. The monoisotopic (exact) mass is 365 g/mol. The molecule has 0 fully saturated rings. The number of halogens is 4. The highest BCUT2D eigenvalue weighted by atomic mass is 19.4. The molecule has 1 atom stereocenters. The lowest BCUT2D eigenvalue weighted by molar-refractivity contribution is -0.137. The molecule has 0 bridgehead atoms. The summed E-state index contributed by atoms with van der Waals surface area (Å²) < 4.78 is 54.6. The van der Waals surface area contributed by atoms with Crippen LogP contribution in [0.4, 0.5) is 22.4 Å². The minimum atomic E-state index is -4.64. The van der Waals surface area contributed by atoms with E-state index in [1.54, 1.807) is 6.92 Å². The van der Waals surface area contributed by atoms with Crippen molar-refractivity contribution in [1.29, 1.82) is 0 Å². The molecule has 0 saturated carbocycles. The SMILES string of the molecule is Cc1ccc(-c2ccc(C3=NNC(=O)N[C@H]3C)cc2C(F)(F)F)cc1F. The third-order valence-corrected chi connectivity index (χ3v) is 4.14. The molecule has 3 rings (SSSR count). The van der Waals surface area contributed by atoms with E-state index in [-0.39, 0.29) is 22.4 Å². The van der Waals surface area contributed by atoms with Gasteiger partial charge in [0.15, 0.2) is 0 Å². The summed E-state index contributed by atoms with van der Waals surface area (Å²) in [5.41, 5.74) is 2.14. The fraction of sp³-hybridized carbons (Fsp3) is 0.222. The van der Waals surface area contributed by atoms with Crippen LogP contribution in [0.5, 0.6) is 0 Å². The average Bonchev–Trinajstić information content (AvgIpc) is 2.56. The van der Waals surface area contributed by atoms with Crippen molar-refractivity contribution in [2.24, 2.45) is 5.10 Å². The molecule has 8 heteroatoms. The van der Waals surface area contributed by atoms with Crippen LogP contribution in [0.15, 0.2) is 41.5 Å². The van der Waals surface area contributed by atoms with Crippen molar-refractivity contribution in [3.63, 3.8) is 0 Å². The number of carbonyl (C=O) groups excluding carboxylic acids is 1. The van der Waals surface area contributed by atoms with Crippen molar-refractivity contribution in [3.8, 4) is 11.1 Å². The van der Waals surface area contributed by atoms with Gasteiger partial charge < -0.3 is 5.32 Å². The van der Waals surface area contributed by atoms with Gasteiger partial charge in [0.2, 0.25) is 0 Å². The second-order valence-corrected chi connectivity index (χ2v) is 6.03. The van der Waals surface area contributed by atoms with E-state index in [0.29, 0.717) is 5.56 Å². The molecule has 0 saturated heterocycles. The van der Waals surface area contributed by atoms with Crippen LogP contribution in [0.25, 0.3) is 11.1 Å². The molecule has 0 aromatic heterocycles. The highest BCUT2D eigenvalue weighted by Crippen LogP contribution is 2.38. The van der Waals surface area contributed by atoms with Gasteiger partial charge in [0, 0.05) is 5.56 Å². The average molecular weight is 365 g/mol. The first-order valence-corrected chi connectivity index (χ1v) is 7.79. The predicted molar refractivity (Wildman–Crippen MR) is 89.2 cm³/mol. The molecule has 2 aromatic rings. The molecule has 26 heavy (non-hydrogen) atoms. The maximum absolute atomic E-state index is 13.8. The molecule has 4 nitrogen and oxygen atoms in total.